The molecule has 3 aromatic rings. The molecule has 0 saturated carbocycles. The molecule has 0 fully saturated rings. The van der Waals surface area contributed by atoms with Crippen LogP contribution in [-0.2, 0) is 12.6 Å². The maximum atomic E-state index is 14.1. The van der Waals surface area contributed by atoms with Gasteiger partial charge in [-0.2, -0.15) is 0 Å². The zero-order valence-corrected chi connectivity index (χ0v) is 15.0. The Kier molecular flexibility index (Phi) is 4.66. The van der Waals surface area contributed by atoms with Crippen molar-refractivity contribution in [1.82, 2.24) is 14.8 Å². The summed E-state index contributed by atoms with van der Waals surface area (Å²) in [6.45, 7) is 3.45. The lowest BCUT2D eigenvalue weighted by Gasteiger charge is -2.26. The van der Waals surface area contributed by atoms with Crippen LogP contribution in [0.25, 0.3) is 11.4 Å². The molecule has 0 amide bonds. The maximum absolute atomic E-state index is 14.1. The van der Waals surface area contributed by atoms with Crippen molar-refractivity contribution in [3.8, 4) is 17.1 Å². The fraction of sp³-hybridized carbons (Fsp3) is 0.222. The van der Waals surface area contributed by atoms with Crippen LogP contribution in [0.3, 0.4) is 0 Å². The molecule has 2 aromatic carbocycles. The van der Waals surface area contributed by atoms with Crippen LogP contribution in [0.2, 0.25) is 5.02 Å². The predicted molar refractivity (Wildman–Crippen MR) is 91.4 cm³/mol. The van der Waals surface area contributed by atoms with Gasteiger partial charge in [-0.3, -0.25) is 0 Å². The fourth-order valence-electron chi connectivity index (χ4n) is 2.64. The van der Waals surface area contributed by atoms with Crippen molar-refractivity contribution in [3.05, 3.63) is 64.7 Å². The van der Waals surface area contributed by atoms with Crippen LogP contribution >= 0.6 is 11.6 Å². The second-order valence-electron chi connectivity index (χ2n) is 6.22. The molecule has 1 heterocycles. The van der Waals surface area contributed by atoms with Crippen LogP contribution in [0.15, 0.2) is 36.4 Å². The first-order valence-electron chi connectivity index (χ1n) is 7.68. The molecule has 0 spiro atoms. The average molecular weight is 382 g/mol. The van der Waals surface area contributed by atoms with E-state index in [1.54, 1.807) is 25.5 Å². The van der Waals surface area contributed by atoms with E-state index in [1.165, 1.54) is 18.2 Å². The number of hydrogen-bond acceptors (Lipinski definition) is 3. The molecular weight excluding hydrogens is 367 g/mol. The third-order valence-corrected chi connectivity index (χ3v) is 4.14. The van der Waals surface area contributed by atoms with Crippen molar-refractivity contribution in [2.24, 2.45) is 7.05 Å². The molecule has 0 N–H and O–H groups in total. The molecule has 0 saturated heterocycles. The molecule has 0 aliphatic carbocycles. The quantitative estimate of drug-likeness (QED) is 0.647. The molecule has 0 aliphatic rings. The van der Waals surface area contributed by atoms with Crippen molar-refractivity contribution in [2.75, 3.05) is 0 Å². The van der Waals surface area contributed by atoms with E-state index in [-0.39, 0.29) is 22.2 Å². The molecule has 0 atom stereocenters. The van der Waals surface area contributed by atoms with Crippen LogP contribution in [-0.4, -0.2) is 14.8 Å². The first-order valence-corrected chi connectivity index (χ1v) is 8.06. The zero-order chi connectivity index (χ0) is 19.1. The Balaban J connectivity index is 1.97. The van der Waals surface area contributed by atoms with Crippen molar-refractivity contribution in [1.29, 1.82) is 0 Å². The van der Waals surface area contributed by atoms with Gasteiger partial charge < -0.3 is 9.30 Å². The summed E-state index contributed by atoms with van der Waals surface area (Å²) in [6, 6.07) is 7.01. The van der Waals surface area contributed by atoms with Crippen molar-refractivity contribution in [2.45, 2.75) is 19.4 Å². The lowest BCUT2D eigenvalue weighted by Crippen LogP contribution is -2.29. The normalized spacial score (nSPS) is 11.7. The van der Waals surface area contributed by atoms with Gasteiger partial charge in [0.25, 0.3) is 0 Å². The van der Waals surface area contributed by atoms with Crippen molar-refractivity contribution >= 4 is 11.6 Å². The molecule has 1 aromatic heterocycles. The van der Waals surface area contributed by atoms with E-state index in [4.69, 9.17) is 16.3 Å². The number of aromatic nitrogens is 3. The average Bonchev–Trinajstić information content (AvgIpc) is 2.92. The molecule has 0 radical (unpaired) electrons. The fourth-order valence-corrected chi connectivity index (χ4v) is 2.84. The second kappa shape index (κ2) is 6.64. The Morgan fingerprint density at radius 3 is 2.31 bits per heavy atom. The summed E-state index contributed by atoms with van der Waals surface area (Å²) in [4.78, 5) is 0. The third-order valence-electron chi connectivity index (χ3n) is 3.84. The molecule has 0 unspecified atom stereocenters. The second-order valence-corrected chi connectivity index (χ2v) is 6.62. The highest BCUT2D eigenvalue weighted by Crippen LogP contribution is 2.33. The summed E-state index contributed by atoms with van der Waals surface area (Å²) in [5.74, 6) is -1.02. The van der Waals surface area contributed by atoms with Gasteiger partial charge in [-0.05, 0) is 44.2 Å². The first kappa shape index (κ1) is 18.3. The molecule has 26 heavy (non-hydrogen) atoms. The number of halogens is 4. The van der Waals surface area contributed by atoms with Gasteiger partial charge in [0.05, 0.1) is 10.6 Å². The minimum atomic E-state index is -1.00. The van der Waals surface area contributed by atoms with Crippen molar-refractivity contribution < 1.29 is 17.9 Å². The number of benzene rings is 2. The largest absolute Gasteiger partial charge is 0.478 e. The predicted octanol–water partition coefficient (Wildman–Crippen LogP) is 4.87. The Morgan fingerprint density at radius 2 is 1.65 bits per heavy atom. The maximum Gasteiger partial charge on any atom is 0.176 e. The summed E-state index contributed by atoms with van der Waals surface area (Å²) >= 11 is 6.01. The van der Waals surface area contributed by atoms with Gasteiger partial charge in [0.1, 0.15) is 23.2 Å². The van der Waals surface area contributed by atoms with Crippen LogP contribution in [0.1, 0.15) is 19.7 Å². The summed E-state index contributed by atoms with van der Waals surface area (Å²) < 4.78 is 47.8. The summed E-state index contributed by atoms with van der Waals surface area (Å²) in [7, 11) is 1.64. The number of rotatable bonds is 4. The Morgan fingerprint density at radius 1 is 1.00 bits per heavy atom. The van der Waals surface area contributed by atoms with E-state index in [1.807, 2.05) is 0 Å². The van der Waals surface area contributed by atoms with Crippen LogP contribution in [0.5, 0.6) is 5.75 Å². The molecular formula is C18H15ClF3N3O. The smallest absolute Gasteiger partial charge is 0.176 e. The van der Waals surface area contributed by atoms with E-state index >= 15 is 0 Å². The summed E-state index contributed by atoms with van der Waals surface area (Å²) in [5, 5.41) is 8.20. The lowest BCUT2D eigenvalue weighted by molar-refractivity contribution is 0.0950. The molecule has 0 bridgehead atoms. The van der Waals surface area contributed by atoms with Gasteiger partial charge in [-0.15, -0.1) is 10.2 Å². The van der Waals surface area contributed by atoms with E-state index in [0.717, 1.165) is 18.2 Å². The number of ether oxygens (including phenoxy) is 1. The standard InChI is InChI=1S/C18H15ClF3N3O/c1-18(2,26-15-7-5-10(20)8-13(15)19)17-24-23-16(25(17)3)12-6-4-11(21)9-14(12)22/h4-9H,1-3H3. The Hall–Kier alpha value is -2.54. The number of nitrogens with zero attached hydrogens (tertiary/aromatic N) is 3. The molecule has 4 nitrogen and oxygen atoms in total. The highest BCUT2D eigenvalue weighted by molar-refractivity contribution is 6.32. The van der Waals surface area contributed by atoms with Crippen LogP contribution in [0.4, 0.5) is 13.2 Å². The molecule has 0 aliphatic heterocycles. The lowest BCUT2D eigenvalue weighted by atomic mass is 10.1. The van der Waals surface area contributed by atoms with Gasteiger partial charge in [-0.25, -0.2) is 13.2 Å². The summed E-state index contributed by atoms with van der Waals surface area (Å²) in [5.41, 5.74) is -0.888. The van der Waals surface area contributed by atoms with E-state index in [9.17, 15) is 13.2 Å². The van der Waals surface area contributed by atoms with E-state index in [0.29, 0.717) is 5.82 Å². The Bertz CT molecular complexity index is 972. The summed E-state index contributed by atoms with van der Waals surface area (Å²) in [6.07, 6.45) is 0. The highest BCUT2D eigenvalue weighted by atomic mass is 35.5. The zero-order valence-electron chi connectivity index (χ0n) is 14.2. The molecule has 136 valence electrons. The van der Waals surface area contributed by atoms with Gasteiger partial charge in [0.2, 0.25) is 0 Å². The van der Waals surface area contributed by atoms with Crippen LogP contribution < -0.4 is 4.74 Å². The van der Waals surface area contributed by atoms with Crippen molar-refractivity contribution in [3.63, 3.8) is 0 Å². The minimum absolute atomic E-state index is 0.114. The van der Waals surface area contributed by atoms with Gasteiger partial charge in [0.15, 0.2) is 17.2 Å². The SMILES string of the molecule is Cn1c(-c2ccc(F)cc2F)nnc1C(C)(C)Oc1ccc(F)cc1Cl. The van der Waals surface area contributed by atoms with Gasteiger partial charge in [0, 0.05) is 13.1 Å². The molecule has 8 heteroatoms. The van der Waals surface area contributed by atoms with E-state index in [2.05, 4.69) is 10.2 Å². The molecule has 3 rings (SSSR count). The topological polar surface area (TPSA) is 39.9 Å². The highest BCUT2D eigenvalue weighted by Gasteiger charge is 2.31. The van der Waals surface area contributed by atoms with Crippen LogP contribution in [0, 0.1) is 17.5 Å². The van der Waals surface area contributed by atoms with Gasteiger partial charge >= 0.3 is 0 Å². The number of hydrogen-bond donors (Lipinski definition) is 0. The third kappa shape index (κ3) is 3.39. The Labute approximate surface area is 153 Å². The monoisotopic (exact) mass is 381 g/mol. The minimum Gasteiger partial charge on any atom is -0.478 e. The van der Waals surface area contributed by atoms with Gasteiger partial charge in [-0.1, -0.05) is 11.6 Å². The van der Waals surface area contributed by atoms with E-state index < -0.39 is 23.1 Å². The first-order chi connectivity index (χ1) is 12.2.